The number of rotatable bonds is 0. The SMILES string of the molecule is Cc1cc(C)c2c3c([nH]c2c1)CCCC3C#N. The lowest BCUT2D eigenvalue weighted by molar-refractivity contribution is 0.633. The summed E-state index contributed by atoms with van der Waals surface area (Å²) in [6.45, 7) is 4.26. The molecule has 0 fully saturated rings. The number of aryl methyl sites for hydroxylation is 3. The first-order chi connectivity index (χ1) is 8.20. The summed E-state index contributed by atoms with van der Waals surface area (Å²) in [4.78, 5) is 3.51. The molecule has 0 aliphatic heterocycles. The van der Waals surface area contributed by atoms with E-state index in [-0.39, 0.29) is 5.92 Å². The van der Waals surface area contributed by atoms with Crippen molar-refractivity contribution in [3.63, 3.8) is 0 Å². The fraction of sp³-hybridized carbons (Fsp3) is 0.400. The maximum Gasteiger partial charge on any atom is 0.0736 e. The van der Waals surface area contributed by atoms with Gasteiger partial charge in [-0.15, -0.1) is 0 Å². The maximum absolute atomic E-state index is 9.30. The van der Waals surface area contributed by atoms with Crippen molar-refractivity contribution in [3.05, 3.63) is 34.5 Å². The molecular weight excluding hydrogens is 208 g/mol. The molecular formula is C15H16N2. The fourth-order valence-corrected chi connectivity index (χ4v) is 3.14. The van der Waals surface area contributed by atoms with Crippen molar-refractivity contribution in [1.82, 2.24) is 4.98 Å². The molecule has 1 heterocycles. The molecule has 2 nitrogen and oxygen atoms in total. The topological polar surface area (TPSA) is 39.6 Å². The number of H-pyrrole nitrogens is 1. The molecule has 1 aliphatic rings. The summed E-state index contributed by atoms with van der Waals surface area (Å²) in [6.07, 6.45) is 3.21. The minimum Gasteiger partial charge on any atom is -0.358 e. The first-order valence-corrected chi connectivity index (χ1v) is 6.22. The summed E-state index contributed by atoms with van der Waals surface area (Å²) in [7, 11) is 0. The molecule has 86 valence electrons. The summed E-state index contributed by atoms with van der Waals surface area (Å²) in [6, 6.07) is 6.86. The monoisotopic (exact) mass is 224 g/mol. The molecule has 3 rings (SSSR count). The Balaban J connectivity index is 2.37. The van der Waals surface area contributed by atoms with Crippen molar-refractivity contribution in [1.29, 1.82) is 5.26 Å². The molecule has 1 unspecified atom stereocenters. The number of fused-ring (bicyclic) bond motifs is 3. The first-order valence-electron chi connectivity index (χ1n) is 6.22. The minimum atomic E-state index is 0.0777. The van der Waals surface area contributed by atoms with Gasteiger partial charge in [0.25, 0.3) is 0 Å². The third-order valence-electron chi connectivity index (χ3n) is 3.78. The van der Waals surface area contributed by atoms with E-state index in [1.807, 2.05) is 0 Å². The van der Waals surface area contributed by atoms with Crippen LogP contribution in [-0.2, 0) is 6.42 Å². The number of hydrogen-bond donors (Lipinski definition) is 1. The number of aromatic amines is 1. The van der Waals surface area contributed by atoms with E-state index in [1.165, 1.54) is 33.3 Å². The van der Waals surface area contributed by atoms with Gasteiger partial charge < -0.3 is 4.98 Å². The predicted molar refractivity (Wildman–Crippen MR) is 69.1 cm³/mol. The molecule has 0 amide bonds. The van der Waals surface area contributed by atoms with Gasteiger partial charge in [0.15, 0.2) is 0 Å². The van der Waals surface area contributed by atoms with Crippen molar-refractivity contribution < 1.29 is 0 Å². The van der Waals surface area contributed by atoms with E-state index in [2.05, 4.69) is 37.0 Å². The molecule has 1 aromatic heterocycles. The molecule has 0 saturated heterocycles. The van der Waals surface area contributed by atoms with Gasteiger partial charge in [0.2, 0.25) is 0 Å². The second kappa shape index (κ2) is 3.63. The van der Waals surface area contributed by atoms with Crippen molar-refractivity contribution in [2.24, 2.45) is 0 Å². The Bertz CT molecular complexity index is 628. The van der Waals surface area contributed by atoms with Crippen molar-refractivity contribution in [2.75, 3.05) is 0 Å². The van der Waals surface area contributed by atoms with Crippen LogP contribution in [0.3, 0.4) is 0 Å². The molecule has 1 aromatic carbocycles. The Morgan fingerprint density at radius 1 is 1.35 bits per heavy atom. The molecule has 1 aliphatic carbocycles. The number of benzene rings is 1. The quantitative estimate of drug-likeness (QED) is 0.727. The Labute approximate surface area is 101 Å². The fourth-order valence-electron chi connectivity index (χ4n) is 3.14. The van der Waals surface area contributed by atoms with Crippen LogP contribution < -0.4 is 0 Å². The van der Waals surface area contributed by atoms with Crippen LogP contribution in [0.4, 0.5) is 0 Å². The number of hydrogen-bond acceptors (Lipinski definition) is 1. The number of aromatic nitrogens is 1. The van der Waals surface area contributed by atoms with E-state index in [0.29, 0.717) is 0 Å². The van der Waals surface area contributed by atoms with E-state index in [0.717, 1.165) is 19.3 Å². The highest BCUT2D eigenvalue weighted by atomic mass is 14.7. The lowest BCUT2D eigenvalue weighted by atomic mass is 9.85. The molecule has 2 heteroatoms. The highest BCUT2D eigenvalue weighted by Gasteiger charge is 2.25. The second-order valence-electron chi connectivity index (χ2n) is 5.10. The van der Waals surface area contributed by atoms with E-state index in [9.17, 15) is 5.26 Å². The van der Waals surface area contributed by atoms with Gasteiger partial charge in [0.05, 0.1) is 12.0 Å². The smallest absolute Gasteiger partial charge is 0.0736 e. The molecule has 0 saturated carbocycles. The lowest BCUT2D eigenvalue weighted by Gasteiger charge is -2.17. The van der Waals surface area contributed by atoms with Gasteiger partial charge in [-0.25, -0.2) is 0 Å². The summed E-state index contributed by atoms with van der Waals surface area (Å²) in [5.74, 6) is 0.0777. The Hall–Kier alpha value is -1.75. The van der Waals surface area contributed by atoms with Crippen molar-refractivity contribution in [3.8, 4) is 6.07 Å². The number of nitrogens with zero attached hydrogens (tertiary/aromatic N) is 1. The van der Waals surface area contributed by atoms with Gasteiger partial charge in [-0.3, -0.25) is 0 Å². The molecule has 0 bridgehead atoms. The third kappa shape index (κ3) is 1.46. The van der Waals surface area contributed by atoms with Gasteiger partial charge in [0.1, 0.15) is 0 Å². The zero-order valence-corrected chi connectivity index (χ0v) is 10.3. The van der Waals surface area contributed by atoms with Gasteiger partial charge in [-0.1, -0.05) is 6.07 Å². The summed E-state index contributed by atoms with van der Waals surface area (Å²) < 4.78 is 0. The normalized spacial score (nSPS) is 19.0. The van der Waals surface area contributed by atoms with E-state index in [4.69, 9.17) is 0 Å². The van der Waals surface area contributed by atoms with Gasteiger partial charge in [-0.05, 0) is 55.9 Å². The predicted octanol–water partition coefficient (Wildman–Crippen LogP) is 3.73. The Kier molecular flexibility index (Phi) is 2.22. The largest absolute Gasteiger partial charge is 0.358 e. The van der Waals surface area contributed by atoms with Crippen molar-refractivity contribution >= 4 is 10.9 Å². The highest BCUT2D eigenvalue weighted by Crippen LogP contribution is 2.38. The molecule has 0 spiro atoms. The maximum atomic E-state index is 9.30. The van der Waals surface area contributed by atoms with Gasteiger partial charge in [-0.2, -0.15) is 5.26 Å². The highest BCUT2D eigenvalue weighted by molar-refractivity contribution is 5.89. The van der Waals surface area contributed by atoms with Crippen LogP contribution in [0.5, 0.6) is 0 Å². The minimum absolute atomic E-state index is 0.0777. The van der Waals surface area contributed by atoms with Gasteiger partial charge in [0, 0.05) is 16.6 Å². The van der Waals surface area contributed by atoms with Crippen LogP contribution in [-0.4, -0.2) is 4.98 Å². The number of nitriles is 1. The summed E-state index contributed by atoms with van der Waals surface area (Å²) in [5.41, 5.74) is 6.33. The molecule has 1 atom stereocenters. The standard InChI is InChI=1S/C15H16N2/c1-9-6-10(2)14-13(7-9)17-12-5-3-4-11(8-16)15(12)14/h6-7,11,17H,3-5H2,1-2H3. The van der Waals surface area contributed by atoms with Crippen LogP contribution in [0.1, 0.15) is 41.1 Å². The van der Waals surface area contributed by atoms with Crippen LogP contribution >= 0.6 is 0 Å². The van der Waals surface area contributed by atoms with Crippen molar-refractivity contribution in [2.45, 2.75) is 39.0 Å². The number of nitrogens with one attached hydrogen (secondary N) is 1. The lowest BCUT2D eigenvalue weighted by Crippen LogP contribution is -2.06. The van der Waals surface area contributed by atoms with Gasteiger partial charge >= 0.3 is 0 Å². The zero-order chi connectivity index (χ0) is 12.0. The van der Waals surface area contributed by atoms with Crippen LogP contribution in [0, 0.1) is 25.2 Å². The average molecular weight is 224 g/mol. The second-order valence-corrected chi connectivity index (χ2v) is 5.10. The van der Waals surface area contributed by atoms with Crippen LogP contribution in [0.15, 0.2) is 12.1 Å². The zero-order valence-electron chi connectivity index (χ0n) is 10.3. The van der Waals surface area contributed by atoms with Crippen LogP contribution in [0.25, 0.3) is 10.9 Å². The third-order valence-corrected chi connectivity index (χ3v) is 3.78. The summed E-state index contributed by atoms with van der Waals surface area (Å²) >= 11 is 0. The summed E-state index contributed by atoms with van der Waals surface area (Å²) in [5, 5.41) is 10.6. The van der Waals surface area contributed by atoms with Crippen LogP contribution in [0.2, 0.25) is 0 Å². The molecule has 2 aromatic rings. The van der Waals surface area contributed by atoms with E-state index < -0.39 is 0 Å². The first kappa shape index (κ1) is 10.4. The van der Waals surface area contributed by atoms with E-state index in [1.54, 1.807) is 0 Å². The van der Waals surface area contributed by atoms with E-state index >= 15 is 0 Å². The molecule has 17 heavy (non-hydrogen) atoms. The average Bonchev–Trinajstić information content (AvgIpc) is 2.66. The Morgan fingerprint density at radius 2 is 2.18 bits per heavy atom. The Morgan fingerprint density at radius 3 is 2.94 bits per heavy atom. The molecule has 0 radical (unpaired) electrons. The molecule has 1 N–H and O–H groups in total.